The maximum atomic E-state index is 12.8. The van der Waals surface area contributed by atoms with Gasteiger partial charge in [-0.25, -0.2) is 0 Å². The lowest BCUT2D eigenvalue weighted by Crippen LogP contribution is -2.64. The first kappa shape index (κ1) is 65.8. The Morgan fingerprint density at radius 2 is 1.21 bits per heavy atom. The Bertz CT molecular complexity index is 1850. The van der Waals surface area contributed by atoms with Gasteiger partial charge in [0.1, 0.15) is 18.1 Å². The molecule has 3 aliphatic rings. The molecule has 20 heteroatoms. The van der Waals surface area contributed by atoms with E-state index < -0.39 is 147 Å². The van der Waals surface area contributed by atoms with Gasteiger partial charge in [-0.05, 0) is 85.0 Å². The largest absolute Gasteiger partial charge is 0.481 e. The highest BCUT2D eigenvalue weighted by Gasteiger charge is 2.51. The third-order valence-electron chi connectivity index (χ3n) is 14.2. The number of hydrogen-bond donors (Lipinski definition) is 13. The number of hydrogen-bond acceptors (Lipinski definition) is 19. The predicted octanol–water partition coefficient (Wildman–Crippen LogP) is 1.53. The van der Waals surface area contributed by atoms with E-state index in [4.69, 9.17) is 30.4 Å². The van der Waals surface area contributed by atoms with Gasteiger partial charge in [0.05, 0.1) is 79.6 Å². The predicted molar refractivity (Wildman–Crippen MR) is 281 cm³/mol. The summed E-state index contributed by atoms with van der Waals surface area (Å²) in [7, 11) is 0. The van der Waals surface area contributed by atoms with Gasteiger partial charge in [0.25, 0.3) is 0 Å². The molecule has 3 aliphatic heterocycles. The van der Waals surface area contributed by atoms with Crippen molar-refractivity contribution in [3.63, 3.8) is 0 Å². The fraction of sp³-hybridized carbons (Fsp3) is 0.709. The minimum Gasteiger partial charge on any atom is -0.481 e. The Morgan fingerprint density at radius 1 is 0.653 bits per heavy atom. The molecule has 2 fully saturated rings. The number of carboxylic acids is 1. The summed E-state index contributed by atoms with van der Waals surface area (Å²) < 4.78 is 24.1. The number of fused-ring (bicyclic) bond motifs is 2. The van der Waals surface area contributed by atoms with E-state index in [0.717, 1.165) is 0 Å². The first-order valence-electron chi connectivity index (χ1n) is 26.7. The standard InChI is InChI=1S/C55H91N3O17/c1-35-21-15-13-11-9-7-5-6-8-10-12-14-16-22-42(74-54-52(68)49(51(67)38(4)73-54)58(27-19-17-25-56)28-20-18-26-57)32-46-48(53(69)70)45(64)34-55(71,75-46)33-41(61)30-44(63)43(62)24-23-39(59)29-40(60)31-47(65)72-37(3)36(2)50(35)66/h5-16,21-22,35-46,48-52,54,59-64,66-68,71H,17-20,23-34,56-57H2,1-4H3,(H,69,70)/t35-,36-,37-,38+,39+,40+,41-,42-,43+,44+,45-,46-,48+,49-,50+,51+,52-,54-,55+/m0/s1. The molecule has 0 radical (unpaired) electrons. The van der Waals surface area contributed by atoms with E-state index in [9.17, 15) is 65.8 Å². The summed E-state index contributed by atoms with van der Waals surface area (Å²) >= 11 is 0. The molecule has 428 valence electrons. The molecule has 20 nitrogen and oxygen atoms in total. The van der Waals surface area contributed by atoms with Crippen molar-refractivity contribution in [3.8, 4) is 0 Å². The van der Waals surface area contributed by atoms with Gasteiger partial charge in [0.2, 0.25) is 0 Å². The zero-order chi connectivity index (χ0) is 55.7. The van der Waals surface area contributed by atoms with Crippen LogP contribution in [-0.4, -0.2) is 197 Å². The van der Waals surface area contributed by atoms with E-state index in [1.165, 1.54) is 0 Å². The number of esters is 1. The van der Waals surface area contributed by atoms with Crippen LogP contribution in [0.1, 0.15) is 105 Å². The monoisotopic (exact) mass is 1070 g/mol. The Kier molecular flexibility index (Phi) is 30.1. The fourth-order valence-corrected chi connectivity index (χ4v) is 9.67. The molecule has 0 saturated carbocycles. The summed E-state index contributed by atoms with van der Waals surface area (Å²) in [5.41, 5.74) is 11.6. The topological polar surface area (TPSA) is 349 Å². The minimum absolute atomic E-state index is 0.111. The van der Waals surface area contributed by atoms with E-state index in [0.29, 0.717) is 51.9 Å². The van der Waals surface area contributed by atoms with Crippen LogP contribution in [0.5, 0.6) is 0 Å². The number of aliphatic hydroxyl groups is 10. The van der Waals surface area contributed by atoms with Gasteiger partial charge in [-0.2, -0.15) is 0 Å². The van der Waals surface area contributed by atoms with Crippen LogP contribution in [0.4, 0.5) is 0 Å². The average molecular weight is 1070 g/mol. The zero-order valence-corrected chi connectivity index (χ0v) is 44.3. The second-order valence-electron chi connectivity index (χ2n) is 20.5. The molecule has 0 unspecified atom stereocenters. The van der Waals surface area contributed by atoms with Gasteiger partial charge in [0.15, 0.2) is 12.1 Å². The molecule has 2 saturated heterocycles. The molecule has 0 aliphatic carbocycles. The van der Waals surface area contributed by atoms with Gasteiger partial charge in [-0.3, -0.25) is 14.5 Å². The number of cyclic esters (lactones) is 1. The van der Waals surface area contributed by atoms with Crippen LogP contribution >= 0.6 is 0 Å². The molecule has 75 heavy (non-hydrogen) atoms. The number of carbonyl (C=O) groups excluding carboxylic acids is 1. The van der Waals surface area contributed by atoms with Crippen LogP contribution in [0, 0.1) is 17.8 Å². The SMILES string of the molecule is C[C@@H]1[C@H](O)[C@@H](C)C=CC=CC=CC=CC=CC=CC=C[C@H](O[C@@H]2O[C@H](C)[C@@H](O)[C@H](N(CCCCN)CCCCN)[C@@H]2O)C[C@@H]2O[C@](O)(C[C@@H](O)C[C@@H](O)[C@H](O)CC[C@@H](O)C[C@@H](O)CC(=O)O[C@H]1C)C[C@H](O)[C@H]2C(=O)O. The Labute approximate surface area is 443 Å². The summed E-state index contributed by atoms with van der Waals surface area (Å²) in [5, 5.41) is 122. The minimum atomic E-state index is -2.34. The van der Waals surface area contributed by atoms with Crippen LogP contribution in [-0.2, 0) is 28.5 Å². The Hall–Kier alpha value is -3.52. The lowest BCUT2D eigenvalue weighted by Gasteiger charge is -2.47. The Balaban J connectivity index is 1.95. The first-order valence-corrected chi connectivity index (χ1v) is 26.7. The molecule has 0 aromatic carbocycles. The summed E-state index contributed by atoms with van der Waals surface area (Å²) in [6, 6.07) is -0.837. The molecule has 2 bridgehead atoms. The molecule has 3 rings (SSSR count). The van der Waals surface area contributed by atoms with Crippen molar-refractivity contribution in [1.82, 2.24) is 4.90 Å². The number of allylic oxidation sites excluding steroid dienone is 12. The van der Waals surface area contributed by atoms with Crippen LogP contribution in [0.3, 0.4) is 0 Å². The normalized spacial score (nSPS) is 38.1. The summed E-state index contributed by atoms with van der Waals surface area (Å²) in [4.78, 5) is 27.4. The third-order valence-corrected chi connectivity index (χ3v) is 14.2. The quantitative estimate of drug-likeness (QED) is 0.0973. The van der Waals surface area contributed by atoms with Gasteiger partial charge >= 0.3 is 11.9 Å². The van der Waals surface area contributed by atoms with Gasteiger partial charge < -0.3 is 86.6 Å². The molecular weight excluding hydrogens is 975 g/mol. The van der Waals surface area contributed by atoms with E-state index in [-0.39, 0.29) is 31.6 Å². The average Bonchev–Trinajstić information content (AvgIpc) is 3.33. The van der Waals surface area contributed by atoms with E-state index in [1.54, 1.807) is 75.5 Å². The third kappa shape index (κ3) is 23.2. The lowest BCUT2D eigenvalue weighted by atomic mass is 9.82. The van der Waals surface area contributed by atoms with Crippen molar-refractivity contribution in [2.45, 2.75) is 202 Å². The number of aliphatic carboxylic acids is 1. The number of carbonyl (C=O) groups is 2. The van der Waals surface area contributed by atoms with Crippen LogP contribution in [0.15, 0.2) is 85.1 Å². The van der Waals surface area contributed by atoms with Crippen LogP contribution in [0.25, 0.3) is 0 Å². The zero-order valence-electron chi connectivity index (χ0n) is 44.3. The highest BCUT2D eigenvalue weighted by molar-refractivity contribution is 5.71. The number of ether oxygens (including phenoxy) is 4. The first-order chi connectivity index (χ1) is 35.6. The number of unbranched alkanes of at least 4 members (excludes halogenated alkanes) is 2. The number of carboxylic acid groups (broad SMARTS) is 1. The molecule has 0 spiro atoms. The highest BCUT2D eigenvalue weighted by Crippen LogP contribution is 2.38. The molecule has 0 amide bonds. The number of aliphatic hydroxyl groups excluding tert-OH is 9. The fourth-order valence-electron chi connectivity index (χ4n) is 9.67. The lowest BCUT2D eigenvalue weighted by molar-refractivity contribution is -0.312. The molecule has 19 atom stereocenters. The van der Waals surface area contributed by atoms with Crippen molar-refractivity contribution in [1.29, 1.82) is 0 Å². The van der Waals surface area contributed by atoms with E-state index in [1.807, 2.05) is 42.2 Å². The van der Waals surface area contributed by atoms with Crippen LogP contribution in [0.2, 0.25) is 0 Å². The molecule has 3 heterocycles. The Morgan fingerprint density at radius 3 is 1.77 bits per heavy atom. The van der Waals surface area contributed by atoms with Gasteiger partial charge in [-0.1, -0.05) is 98.9 Å². The van der Waals surface area contributed by atoms with Crippen molar-refractivity contribution in [2.24, 2.45) is 29.2 Å². The molecule has 0 aromatic heterocycles. The van der Waals surface area contributed by atoms with E-state index in [2.05, 4.69) is 0 Å². The van der Waals surface area contributed by atoms with Crippen LogP contribution < -0.4 is 11.5 Å². The number of rotatable bonds is 12. The summed E-state index contributed by atoms with van der Waals surface area (Å²) in [6.07, 6.45) is 6.70. The summed E-state index contributed by atoms with van der Waals surface area (Å²) in [5.74, 6) is -6.86. The number of nitrogens with two attached hydrogens (primary N) is 2. The maximum absolute atomic E-state index is 12.8. The highest BCUT2D eigenvalue weighted by atomic mass is 16.7. The van der Waals surface area contributed by atoms with Crippen molar-refractivity contribution >= 4 is 11.9 Å². The smallest absolute Gasteiger partial charge is 0.311 e. The molecule has 0 aromatic rings. The van der Waals surface area contributed by atoms with Crippen molar-refractivity contribution in [3.05, 3.63) is 85.1 Å². The van der Waals surface area contributed by atoms with Gasteiger partial charge in [0, 0.05) is 37.5 Å². The maximum Gasteiger partial charge on any atom is 0.311 e. The summed E-state index contributed by atoms with van der Waals surface area (Å²) in [6.45, 7) is 8.81. The second kappa shape index (κ2) is 34.4. The van der Waals surface area contributed by atoms with Gasteiger partial charge in [-0.15, -0.1) is 0 Å². The second-order valence-corrected chi connectivity index (χ2v) is 20.5. The van der Waals surface area contributed by atoms with Crippen molar-refractivity contribution in [2.75, 3.05) is 26.2 Å². The van der Waals surface area contributed by atoms with Crippen molar-refractivity contribution < 1.29 is 84.7 Å². The van der Waals surface area contributed by atoms with E-state index >= 15 is 0 Å². The molecular formula is C55H91N3O17. The number of nitrogens with zero attached hydrogens (tertiary/aromatic N) is 1. The molecule has 15 N–H and O–H groups in total.